The fourth-order valence-corrected chi connectivity index (χ4v) is 5.56. The molecule has 9 nitrogen and oxygen atoms in total. The molecule has 1 aromatic carbocycles. The predicted molar refractivity (Wildman–Crippen MR) is 122 cm³/mol. The molecule has 2 aliphatic rings. The van der Waals surface area contributed by atoms with Crippen LogP contribution in [-0.4, -0.2) is 78.7 Å². The molecular weight excluding hydrogens is 430 g/mol. The van der Waals surface area contributed by atoms with E-state index in [1.165, 1.54) is 4.31 Å². The van der Waals surface area contributed by atoms with Crippen LogP contribution in [0.2, 0.25) is 0 Å². The minimum atomic E-state index is -3.89. The summed E-state index contributed by atoms with van der Waals surface area (Å²) in [6, 6.07) is 7.93. The Morgan fingerprint density at radius 2 is 1.84 bits per heavy atom. The topological polar surface area (TPSA) is 87.8 Å². The van der Waals surface area contributed by atoms with E-state index >= 15 is 0 Å². The maximum Gasteiger partial charge on any atom is 0.263 e. The normalized spacial score (nSPS) is 19.3. The molecule has 1 amide bonds. The van der Waals surface area contributed by atoms with Crippen LogP contribution in [0.5, 0.6) is 5.75 Å². The van der Waals surface area contributed by atoms with Crippen molar-refractivity contribution in [2.75, 3.05) is 44.2 Å². The van der Waals surface area contributed by atoms with E-state index in [-0.39, 0.29) is 22.5 Å². The number of benzene rings is 1. The molecule has 174 valence electrons. The Kier molecular flexibility index (Phi) is 6.43. The van der Waals surface area contributed by atoms with Gasteiger partial charge in [0, 0.05) is 51.5 Å². The number of rotatable bonds is 8. The highest BCUT2D eigenvalue weighted by molar-refractivity contribution is 7.89. The van der Waals surface area contributed by atoms with Gasteiger partial charge in [0.15, 0.2) is 0 Å². The van der Waals surface area contributed by atoms with Gasteiger partial charge in [-0.1, -0.05) is 19.1 Å². The lowest BCUT2D eigenvalue weighted by atomic mass is 10.2. The minimum absolute atomic E-state index is 0.127. The maximum absolute atomic E-state index is 13.5. The molecule has 1 atom stereocenters. The maximum atomic E-state index is 13.5. The zero-order chi connectivity index (χ0) is 22.9. The minimum Gasteiger partial charge on any atom is -0.492 e. The van der Waals surface area contributed by atoms with Crippen molar-refractivity contribution in [3.63, 3.8) is 0 Å². The van der Waals surface area contributed by atoms with E-state index in [2.05, 4.69) is 10.00 Å². The number of carbonyl (C=O) groups excluding carboxylic acids is 1. The van der Waals surface area contributed by atoms with Crippen molar-refractivity contribution >= 4 is 21.6 Å². The first-order valence-electron chi connectivity index (χ1n) is 11.2. The van der Waals surface area contributed by atoms with Crippen molar-refractivity contribution in [2.45, 2.75) is 44.8 Å². The summed E-state index contributed by atoms with van der Waals surface area (Å²) >= 11 is 0. The van der Waals surface area contributed by atoms with Crippen LogP contribution in [0, 0.1) is 0 Å². The highest BCUT2D eigenvalue weighted by Gasteiger charge is 2.41. The second kappa shape index (κ2) is 9.11. The zero-order valence-electron chi connectivity index (χ0n) is 18.9. The van der Waals surface area contributed by atoms with Gasteiger partial charge in [0.2, 0.25) is 5.03 Å². The first-order valence-corrected chi connectivity index (χ1v) is 12.7. The summed E-state index contributed by atoms with van der Waals surface area (Å²) in [5.41, 5.74) is 1.14. The van der Waals surface area contributed by atoms with E-state index < -0.39 is 10.0 Å². The van der Waals surface area contributed by atoms with Crippen LogP contribution in [0.15, 0.2) is 35.5 Å². The molecule has 0 radical (unpaired) electrons. The Bertz CT molecular complexity index is 1080. The Morgan fingerprint density at radius 1 is 1.16 bits per heavy atom. The number of para-hydroxylation sites is 2. The monoisotopic (exact) mass is 461 g/mol. The van der Waals surface area contributed by atoms with E-state index in [9.17, 15) is 13.2 Å². The largest absolute Gasteiger partial charge is 0.492 e. The quantitative estimate of drug-likeness (QED) is 0.559. The van der Waals surface area contributed by atoms with Crippen LogP contribution in [0.1, 0.15) is 37.6 Å². The van der Waals surface area contributed by atoms with Gasteiger partial charge in [0.05, 0.1) is 17.9 Å². The van der Waals surface area contributed by atoms with Crippen molar-refractivity contribution in [3.05, 3.63) is 36.0 Å². The van der Waals surface area contributed by atoms with E-state index in [4.69, 9.17) is 4.74 Å². The molecule has 32 heavy (non-hydrogen) atoms. The van der Waals surface area contributed by atoms with Crippen molar-refractivity contribution in [2.24, 2.45) is 0 Å². The van der Waals surface area contributed by atoms with Crippen LogP contribution in [0.4, 0.5) is 5.69 Å². The van der Waals surface area contributed by atoms with Crippen molar-refractivity contribution in [1.29, 1.82) is 0 Å². The van der Waals surface area contributed by atoms with Gasteiger partial charge >= 0.3 is 0 Å². The third-order valence-electron chi connectivity index (χ3n) is 5.86. The number of nitrogens with zero attached hydrogens (tertiary/aromatic N) is 5. The van der Waals surface area contributed by atoms with Gasteiger partial charge in [0.25, 0.3) is 15.9 Å². The molecule has 4 rings (SSSR count). The van der Waals surface area contributed by atoms with Crippen LogP contribution in [0.3, 0.4) is 0 Å². The molecular formula is C22H31N5O4S. The fraction of sp³-hybridized carbons (Fsp3) is 0.545. The summed E-state index contributed by atoms with van der Waals surface area (Å²) in [4.78, 5) is 16.7. The van der Waals surface area contributed by atoms with Gasteiger partial charge in [-0.15, -0.1) is 0 Å². The number of ether oxygens (including phenoxy) is 1. The van der Waals surface area contributed by atoms with E-state index in [1.807, 2.05) is 45.0 Å². The third kappa shape index (κ3) is 4.33. The second-order valence-corrected chi connectivity index (χ2v) is 10.1. The number of anilines is 1. The lowest BCUT2D eigenvalue weighted by molar-refractivity contribution is 0.0872. The number of carbonyl (C=O) groups is 1. The van der Waals surface area contributed by atoms with Crippen molar-refractivity contribution in [1.82, 2.24) is 19.0 Å². The third-order valence-corrected chi connectivity index (χ3v) is 7.70. The van der Waals surface area contributed by atoms with Crippen LogP contribution < -0.4 is 9.64 Å². The number of hydrogen-bond donors (Lipinski definition) is 0. The predicted octanol–water partition coefficient (Wildman–Crippen LogP) is 2.05. The highest BCUT2D eigenvalue weighted by atomic mass is 32.2. The lowest BCUT2D eigenvalue weighted by Gasteiger charge is -2.35. The van der Waals surface area contributed by atoms with E-state index in [1.54, 1.807) is 15.8 Å². The molecule has 0 saturated carbocycles. The highest BCUT2D eigenvalue weighted by Crippen LogP contribution is 2.31. The number of piperazine rings is 1. The average Bonchev–Trinajstić information content (AvgIpc) is 3.36. The van der Waals surface area contributed by atoms with Crippen molar-refractivity contribution in [3.8, 4) is 5.75 Å². The zero-order valence-corrected chi connectivity index (χ0v) is 19.7. The number of aromatic nitrogens is 2. The lowest BCUT2D eigenvalue weighted by Crippen LogP contribution is -2.49. The van der Waals surface area contributed by atoms with Gasteiger partial charge in [-0.05, 0) is 32.4 Å². The molecule has 0 unspecified atom stereocenters. The second-order valence-electron chi connectivity index (χ2n) is 8.21. The molecule has 0 aliphatic carbocycles. The Morgan fingerprint density at radius 3 is 2.47 bits per heavy atom. The molecule has 3 heterocycles. The Hall–Kier alpha value is -2.59. The Labute approximate surface area is 189 Å². The summed E-state index contributed by atoms with van der Waals surface area (Å²) in [5.74, 6) is 0.535. The summed E-state index contributed by atoms with van der Waals surface area (Å²) in [7, 11) is -3.89. The molecule has 0 N–H and O–H groups in total. The van der Waals surface area contributed by atoms with Gasteiger partial charge in [-0.3, -0.25) is 9.48 Å². The number of aryl methyl sites for hydroxylation is 1. The Balaban J connectivity index is 1.54. The van der Waals surface area contributed by atoms with Crippen LogP contribution in [-0.2, 0) is 16.6 Å². The molecule has 2 aromatic rings. The van der Waals surface area contributed by atoms with Crippen molar-refractivity contribution < 1.29 is 17.9 Å². The van der Waals surface area contributed by atoms with Crippen LogP contribution in [0.25, 0.3) is 0 Å². The smallest absolute Gasteiger partial charge is 0.263 e. The molecule has 10 heteroatoms. The van der Waals surface area contributed by atoms with E-state index in [0.29, 0.717) is 45.9 Å². The first kappa shape index (κ1) is 22.6. The average molecular weight is 462 g/mol. The first-order chi connectivity index (χ1) is 15.4. The molecule has 2 aliphatic heterocycles. The van der Waals surface area contributed by atoms with Gasteiger partial charge in [0.1, 0.15) is 5.75 Å². The van der Waals surface area contributed by atoms with Gasteiger partial charge in [-0.2, -0.15) is 9.40 Å². The SMILES string of the molecule is CCCn1cc(C(=O)N2C[C@@H]2C)c(S(=O)(=O)N2CCN(c3ccccc3OCC)CC2)n1. The fourth-order valence-electron chi connectivity index (χ4n) is 4.05. The van der Waals surface area contributed by atoms with Gasteiger partial charge in [-0.25, -0.2) is 8.42 Å². The summed E-state index contributed by atoms with van der Waals surface area (Å²) < 4.78 is 35.7. The molecule has 2 fully saturated rings. The molecule has 1 aromatic heterocycles. The summed E-state index contributed by atoms with van der Waals surface area (Å²) in [6.45, 7) is 9.35. The molecule has 2 saturated heterocycles. The number of hydrogen-bond acceptors (Lipinski definition) is 6. The number of amides is 1. The molecule has 0 spiro atoms. The number of sulfonamides is 1. The van der Waals surface area contributed by atoms with Crippen LogP contribution >= 0.6 is 0 Å². The van der Waals surface area contributed by atoms with Gasteiger partial charge < -0.3 is 14.5 Å². The summed E-state index contributed by atoms with van der Waals surface area (Å²) in [6.07, 6.45) is 2.38. The molecule has 0 bridgehead atoms. The van der Waals surface area contributed by atoms with E-state index in [0.717, 1.165) is 17.9 Å². The summed E-state index contributed by atoms with van der Waals surface area (Å²) in [5, 5.41) is 4.20. The standard InChI is InChI=1S/C22H31N5O4S/c1-4-10-25-16-18(22(28)27-15-17(27)3)21(23-25)32(29,30)26-13-11-24(12-14-26)19-8-6-7-9-20(19)31-5-2/h6-9,16-17H,4-5,10-15H2,1-3H3/t17-,27?/m0/s1.